The molecule has 0 unspecified atom stereocenters. The van der Waals surface area contributed by atoms with Crippen LogP contribution in [-0.2, 0) is 0 Å². The van der Waals surface area contributed by atoms with E-state index >= 15 is 0 Å². The lowest BCUT2D eigenvalue weighted by molar-refractivity contribution is 0.316. The number of hydrogen-bond donors (Lipinski definition) is 3. The van der Waals surface area contributed by atoms with Crippen molar-refractivity contribution in [3.63, 3.8) is 0 Å². The van der Waals surface area contributed by atoms with E-state index < -0.39 is 8.07 Å². The number of rotatable bonds is 10. The summed E-state index contributed by atoms with van der Waals surface area (Å²) < 4.78 is 0. The predicted octanol–water partition coefficient (Wildman–Crippen LogP) is 3.85. The highest BCUT2D eigenvalue weighted by Crippen LogP contribution is 2.21. The van der Waals surface area contributed by atoms with Crippen molar-refractivity contribution in [3.8, 4) is 0 Å². The summed E-state index contributed by atoms with van der Waals surface area (Å²) in [6.07, 6.45) is 3.96. The molecule has 0 saturated heterocycles. The molecule has 0 saturated carbocycles. The van der Waals surface area contributed by atoms with Crippen molar-refractivity contribution in [1.82, 2.24) is 0 Å². The van der Waals surface area contributed by atoms with Gasteiger partial charge in [-0.15, -0.1) is 15.5 Å². The van der Waals surface area contributed by atoms with Gasteiger partial charge in [0.1, 0.15) is 0 Å². The summed E-state index contributed by atoms with van der Waals surface area (Å²) >= 11 is 0. The Kier molecular flexibility index (Phi) is 8.91. The molecule has 138 valence electrons. The second-order valence-electron chi connectivity index (χ2n) is 6.01. The highest BCUT2D eigenvalue weighted by molar-refractivity contribution is 7.47. The van der Waals surface area contributed by atoms with Crippen LogP contribution in [0.1, 0.15) is 59.3 Å². The minimum Gasteiger partial charge on any atom is -0.411 e. The average molecular weight is 364 g/mol. The molecule has 0 fully saturated rings. The second kappa shape index (κ2) is 10.7. The lowest BCUT2D eigenvalue weighted by atomic mass is 10.3. The van der Waals surface area contributed by atoms with Gasteiger partial charge in [0.05, 0.1) is 16.0 Å². The highest BCUT2D eigenvalue weighted by Gasteiger charge is 2.50. The van der Waals surface area contributed by atoms with Gasteiger partial charge in [0.2, 0.25) is 8.07 Å². The largest absolute Gasteiger partial charge is 0.411 e. The van der Waals surface area contributed by atoms with Crippen LogP contribution < -0.4 is 5.19 Å². The van der Waals surface area contributed by atoms with E-state index in [0.29, 0.717) is 35.3 Å². The van der Waals surface area contributed by atoms with Gasteiger partial charge in [-0.1, -0.05) is 70.4 Å². The van der Waals surface area contributed by atoms with Crippen LogP contribution in [0.3, 0.4) is 0 Å². The Labute approximate surface area is 150 Å². The lowest BCUT2D eigenvalue weighted by Gasteiger charge is -2.33. The van der Waals surface area contributed by atoms with Gasteiger partial charge >= 0.3 is 0 Å². The van der Waals surface area contributed by atoms with E-state index in [4.69, 9.17) is 0 Å². The third-order valence-corrected chi connectivity index (χ3v) is 9.17. The van der Waals surface area contributed by atoms with Crippen molar-refractivity contribution >= 4 is 29.3 Å². The van der Waals surface area contributed by atoms with Gasteiger partial charge in [-0.2, -0.15) is 0 Å². The van der Waals surface area contributed by atoms with Gasteiger partial charge < -0.3 is 15.6 Å². The Balaban J connectivity index is 3.87. The van der Waals surface area contributed by atoms with E-state index in [0.717, 1.165) is 24.4 Å². The minimum atomic E-state index is -3.12. The van der Waals surface area contributed by atoms with Gasteiger partial charge in [0, 0.05) is 0 Å². The molecule has 0 heterocycles. The summed E-state index contributed by atoms with van der Waals surface area (Å²) in [6, 6.07) is 9.59. The first-order valence-corrected chi connectivity index (χ1v) is 10.9. The normalized spacial score (nSPS) is 15.9. The lowest BCUT2D eigenvalue weighted by Crippen LogP contribution is -2.68. The Morgan fingerprint density at radius 1 is 0.720 bits per heavy atom. The molecule has 1 aromatic carbocycles. The van der Waals surface area contributed by atoms with E-state index in [9.17, 15) is 15.6 Å². The van der Waals surface area contributed by atoms with Gasteiger partial charge in [-0.05, 0) is 24.4 Å². The Morgan fingerprint density at radius 2 is 1.08 bits per heavy atom. The summed E-state index contributed by atoms with van der Waals surface area (Å²) in [7, 11) is -3.12. The van der Waals surface area contributed by atoms with Crippen molar-refractivity contribution < 1.29 is 15.6 Å². The smallest absolute Gasteiger partial charge is 0.241 e. The molecule has 7 heteroatoms. The summed E-state index contributed by atoms with van der Waals surface area (Å²) in [5.41, 5.74) is 0. The second-order valence-corrected chi connectivity index (χ2v) is 9.81. The molecule has 0 aliphatic heterocycles. The van der Waals surface area contributed by atoms with Crippen molar-refractivity contribution in [3.05, 3.63) is 30.3 Å². The third-order valence-electron chi connectivity index (χ3n) is 4.33. The van der Waals surface area contributed by atoms with E-state index in [2.05, 4.69) is 15.5 Å². The van der Waals surface area contributed by atoms with Crippen LogP contribution in [0, 0.1) is 0 Å². The maximum Gasteiger partial charge on any atom is 0.241 e. The molecule has 25 heavy (non-hydrogen) atoms. The fourth-order valence-corrected chi connectivity index (χ4v) is 8.35. The van der Waals surface area contributed by atoms with Crippen LogP contribution >= 0.6 is 0 Å². The quantitative estimate of drug-likeness (QED) is 0.255. The van der Waals surface area contributed by atoms with Crippen molar-refractivity contribution in [1.29, 1.82) is 0 Å². The molecule has 0 radical (unpaired) electrons. The summed E-state index contributed by atoms with van der Waals surface area (Å²) in [6.45, 7) is 6.00. The maximum absolute atomic E-state index is 9.83. The maximum atomic E-state index is 9.83. The zero-order valence-electron chi connectivity index (χ0n) is 15.3. The van der Waals surface area contributed by atoms with Crippen LogP contribution in [0.4, 0.5) is 0 Å². The number of nitrogens with zero attached hydrogens (tertiary/aromatic N) is 3. The summed E-state index contributed by atoms with van der Waals surface area (Å²) in [5.74, 6) is 0. The number of hydrogen-bond acceptors (Lipinski definition) is 6. The standard InChI is InChI=1S/C18H29N3O3Si/c1-4-10-16(19-22)25(17(20-23)11-5-2,18(21-24)12-6-3)15-13-8-7-9-14-15/h7-9,13-14,22-24H,4-6,10-12H2,1-3H3. The minimum absolute atomic E-state index is 0.545. The molecule has 3 N–H and O–H groups in total. The van der Waals surface area contributed by atoms with Gasteiger partial charge in [-0.3, -0.25) is 0 Å². The Morgan fingerprint density at radius 3 is 1.36 bits per heavy atom. The van der Waals surface area contributed by atoms with Crippen LogP contribution in [0.2, 0.25) is 0 Å². The molecule has 0 aliphatic carbocycles. The molecule has 6 nitrogen and oxygen atoms in total. The SMILES string of the molecule is CCCC(=NO)[Si](C(CCC)=NO)(C(CCC)=NO)c1ccccc1. The fraction of sp³-hybridized carbons (Fsp3) is 0.500. The van der Waals surface area contributed by atoms with Crippen LogP contribution in [-0.4, -0.2) is 39.7 Å². The predicted molar refractivity (Wildman–Crippen MR) is 104 cm³/mol. The number of benzene rings is 1. The van der Waals surface area contributed by atoms with Crippen LogP contribution in [0.25, 0.3) is 0 Å². The molecule has 0 amide bonds. The van der Waals surface area contributed by atoms with E-state index in [1.54, 1.807) is 0 Å². The van der Waals surface area contributed by atoms with Crippen molar-refractivity contribution in [2.45, 2.75) is 59.3 Å². The third kappa shape index (κ3) is 4.28. The first-order valence-electron chi connectivity index (χ1n) is 8.86. The summed E-state index contributed by atoms with van der Waals surface area (Å²) in [5, 5.41) is 42.9. The van der Waals surface area contributed by atoms with E-state index in [-0.39, 0.29) is 0 Å². The van der Waals surface area contributed by atoms with Crippen LogP contribution in [0.5, 0.6) is 0 Å². The molecular formula is C18H29N3O3Si. The first kappa shape index (κ1) is 20.9. The molecule has 0 aliphatic rings. The molecule has 0 bridgehead atoms. The average Bonchev–Trinajstić information content (AvgIpc) is 2.66. The van der Waals surface area contributed by atoms with Gasteiger partial charge in [-0.25, -0.2) is 0 Å². The molecule has 0 aromatic heterocycles. The molecular weight excluding hydrogens is 334 g/mol. The zero-order chi connectivity index (χ0) is 18.7. The Bertz CT molecular complexity index is 560. The van der Waals surface area contributed by atoms with E-state index in [1.165, 1.54) is 0 Å². The molecule has 1 aromatic rings. The number of oxime groups is 3. The highest BCUT2D eigenvalue weighted by atomic mass is 28.3. The van der Waals surface area contributed by atoms with Gasteiger partial charge in [0.25, 0.3) is 0 Å². The fourth-order valence-electron chi connectivity index (χ4n) is 3.34. The summed E-state index contributed by atoms with van der Waals surface area (Å²) in [4.78, 5) is 0. The molecule has 0 spiro atoms. The van der Waals surface area contributed by atoms with Crippen molar-refractivity contribution in [2.24, 2.45) is 15.5 Å². The first-order chi connectivity index (χ1) is 12.2. The van der Waals surface area contributed by atoms with E-state index in [1.807, 2.05) is 51.1 Å². The van der Waals surface area contributed by atoms with Gasteiger partial charge in [0.15, 0.2) is 0 Å². The monoisotopic (exact) mass is 363 g/mol. The zero-order valence-corrected chi connectivity index (χ0v) is 16.3. The molecule has 0 atom stereocenters. The molecule has 1 rings (SSSR count). The van der Waals surface area contributed by atoms with Crippen LogP contribution in [0.15, 0.2) is 45.8 Å². The van der Waals surface area contributed by atoms with Crippen molar-refractivity contribution in [2.75, 3.05) is 0 Å². The topological polar surface area (TPSA) is 97.8 Å². The Hall–Kier alpha value is -2.15.